The molecule has 118 valence electrons. The van der Waals surface area contributed by atoms with Gasteiger partial charge < -0.3 is 9.52 Å². The highest BCUT2D eigenvalue weighted by Gasteiger charge is 2.54. The molecule has 0 spiro atoms. The third-order valence-corrected chi connectivity index (χ3v) is 5.36. The van der Waals surface area contributed by atoms with Gasteiger partial charge in [-0.15, -0.1) is 11.3 Å². The Morgan fingerprint density at radius 1 is 1.48 bits per heavy atom. The van der Waals surface area contributed by atoms with Crippen molar-refractivity contribution in [3.8, 4) is 10.8 Å². The molecule has 0 radical (unpaired) electrons. The number of oxazole rings is 1. The number of aryl methyl sites for hydroxylation is 1. The first-order valence-corrected chi connectivity index (χ1v) is 7.69. The van der Waals surface area contributed by atoms with Crippen LogP contribution in [0.5, 0.6) is 0 Å². The molecule has 23 heavy (non-hydrogen) atoms. The number of hydrogen-bond acceptors (Lipinski definition) is 6. The standard InChI is InChI=1S/C14H11N3O5S/c1-6-7-10(23-8(6)9-15-4-5-22-9)16-13(21)17(11(7)18)14(2-3-14)12(19)20/h4-5H,2-3H2,1H3,(H,16,21)(H,19,20). The Hall–Kier alpha value is -2.68. The van der Waals surface area contributed by atoms with Gasteiger partial charge >= 0.3 is 11.7 Å². The quantitative estimate of drug-likeness (QED) is 0.745. The van der Waals surface area contributed by atoms with E-state index in [4.69, 9.17) is 4.42 Å². The Bertz CT molecular complexity index is 1050. The summed E-state index contributed by atoms with van der Waals surface area (Å²) in [4.78, 5) is 44.2. The van der Waals surface area contributed by atoms with Crippen molar-refractivity contribution in [2.75, 3.05) is 0 Å². The monoisotopic (exact) mass is 333 g/mol. The van der Waals surface area contributed by atoms with E-state index in [0.717, 1.165) is 4.57 Å². The van der Waals surface area contributed by atoms with Gasteiger partial charge in [-0.3, -0.25) is 9.78 Å². The molecule has 8 nitrogen and oxygen atoms in total. The van der Waals surface area contributed by atoms with Crippen molar-refractivity contribution in [3.05, 3.63) is 38.9 Å². The molecule has 1 aliphatic carbocycles. The Labute approximate surface area is 132 Å². The molecule has 0 atom stereocenters. The van der Waals surface area contributed by atoms with Gasteiger partial charge in [-0.1, -0.05) is 0 Å². The van der Waals surface area contributed by atoms with Crippen LogP contribution in [0.3, 0.4) is 0 Å². The number of thiophene rings is 1. The highest BCUT2D eigenvalue weighted by Crippen LogP contribution is 2.42. The average molecular weight is 333 g/mol. The summed E-state index contributed by atoms with van der Waals surface area (Å²) in [5.41, 5.74) is -2.10. The number of nitrogens with zero attached hydrogens (tertiary/aromatic N) is 2. The number of aliphatic carboxylic acids is 1. The second kappa shape index (κ2) is 4.42. The summed E-state index contributed by atoms with van der Waals surface area (Å²) < 4.78 is 6.08. The number of H-pyrrole nitrogens is 1. The number of hydrogen-bond donors (Lipinski definition) is 2. The fraction of sp³-hybridized carbons (Fsp3) is 0.286. The average Bonchev–Trinajstić information content (AvgIpc) is 2.97. The number of carboxylic acid groups (broad SMARTS) is 1. The van der Waals surface area contributed by atoms with Crippen molar-refractivity contribution in [2.24, 2.45) is 0 Å². The van der Waals surface area contributed by atoms with Crippen molar-refractivity contribution in [3.63, 3.8) is 0 Å². The highest BCUT2D eigenvalue weighted by molar-refractivity contribution is 7.22. The topological polar surface area (TPSA) is 118 Å². The molecule has 4 rings (SSSR count). The predicted octanol–water partition coefficient (Wildman–Crippen LogP) is 1.29. The van der Waals surface area contributed by atoms with E-state index < -0.39 is 22.8 Å². The minimum atomic E-state index is -1.42. The van der Waals surface area contributed by atoms with E-state index in [9.17, 15) is 19.5 Å². The Balaban J connectivity index is 2.06. The minimum absolute atomic E-state index is 0.270. The van der Waals surface area contributed by atoms with Crippen LogP contribution in [-0.2, 0) is 10.3 Å². The number of carboxylic acids is 1. The summed E-state index contributed by atoms with van der Waals surface area (Å²) in [5, 5.41) is 9.67. The first-order chi connectivity index (χ1) is 11.0. The van der Waals surface area contributed by atoms with Gasteiger partial charge in [0.05, 0.1) is 16.5 Å². The Kier molecular flexibility index (Phi) is 2.68. The zero-order valence-electron chi connectivity index (χ0n) is 12.0. The molecule has 0 aromatic carbocycles. The molecule has 0 amide bonds. The minimum Gasteiger partial charge on any atom is -0.479 e. The molecule has 3 heterocycles. The number of fused-ring (bicyclic) bond motifs is 1. The van der Waals surface area contributed by atoms with Gasteiger partial charge in [-0.05, 0) is 25.3 Å². The van der Waals surface area contributed by atoms with Gasteiger partial charge in [0.15, 0.2) is 0 Å². The van der Waals surface area contributed by atoms with Gasteiger partial charge in [0.2, 0.25) is 5.89 Å². The second-order valence-corrected chi connectivity index (χ2v) is 6.53. The largest absolute Gasteiger partial charge is 0.479 e. The van der Waals surface area contributed by atoms with Crippen LogP contribution in [0.15, 0.2) is 26.5 Å². The Morgan fingerprint density at radius 3 is 2.78 bits per heavy atom. The molecule has 0 saturated heterocycles. The SMILES string of the molecule is Cc1c(-c2ncco2)sc2[nH]c(=O)n(C3(C(=O)O)CC3)c(=O)c12. The predicted molar refractivity (Wildman–Crippen MR) is 81.8 cm³/mol. The van der Waals surface area contributed by atoms with Crippen LogP contribution in [-0.4, -0.2) is 25.6 Å². The van der Waals surface area contributed by atoms with Gasteiger partial charge in [-0.25, -0.2) is 19.1 Å². The van der Waals surface area contributed by atoms with E-state index in [1.54, 1.807) is 6.92 Å². The van der Waals surface area contributed by atoms with Crippen molar-refractivity contribution < 1.29 is 14.3 Å². The van der Waals surface area contributed by atoms with Crippen molar-refractivity contribution >= 4 is 27.5 Å². The molecular formula is C14H11N3O5S. The van der Waals surface area contributed by atoms with E-state index in [-0.39, 0.29) is 12.8 Å². The summed E-state index contributed by atoms with van der Waals surface area (Å²) in [6.45, 7) is 1.72. The number of nitrogens with one attached hydrogen (secondary N) is 1. The van der Waals surface area contributed by atoms with Crippen LogP contribution >= 0.6 is 11.3 Å². The molecule has 0 aliphatic heterocycles. The first kappa shape index (κ1) is 13.9. The van der Waals surface area contributed by atoms with Gasteiger partial charge in [-0.2, -0.15) is 0 Å². The van der Waals surface area contributed by atoms with Crippen LogP contribution in [0.4, 0.5) is 0 Å². The van der Waals surface area contributed by atoms with Crippen molar-refractivity contribution in [1.29, 1.82) is 0 Å². The van der Waals surface area contributed by atoms with E-state index in [1.165, 1.54) is 23.8 Å². The molecule has 1 fully saturated rings. The van der Waals surface area contributed by atoms with Crippen molar-refractivity contribution in [2.45, 2.75) is 25.3 Å². The third kappa shape index (κ3) is 1.76. The number of rotatable bonds is 3. The lowest BCUT2D eigenvalue weighted by Crippen LogP contribution is -2.45. The lowest BCUT2D eigenvalue weighted by molar-refractivity contribution is -0.142. The highest BCUT2D eigenvalue weighted by atomic mass is 32.1. The summed E-state index contributed by atoms with van der Waals surface area (Å²) in [7, 11) is 0. The first-order valence-electron chi connectivity index (χ1n) is 6.88. The second-order valence-electron chi connectivity index (χ2n) is 5.51. The summed E-state index contributed by atoms with van der Waals surface area (Å²) in [5.74, 6) is -0.805. The zero-order valence-corrected chi connectivity index (χ0v) is 12.8. The summed E-state index contributed by atoms with van der Waals surface area (Å²) in [6.07, 6.45) is 3.45. The van der Waals surface area contributed by atoms with E-state index in [2.05, 4.69) is 9.97 Å². The molecule has 0 unspecified atom stereocenters. The van der Waals surface area contributed by atoms with Crippen LogP contribution < -0.4 is 11.2 Å². The van der Waals surface area contributed by atoms with Crippen LogP contribution in [0.25, 0.3) is 21.0 Å². The normalized spacial score (nSPS) is 15.9. The molecule has 9 heteroatoms. The maximum absolute atomic E-state index is 12.8. The number of aromatic amines is 1. The molecule has 1 saturated carbocycles. The van der Waals surface area contributed by atoms with Gasteiger partial charge in [0.1, 0.15) is 16.6 Å². The molecule has 3 aromatic heterocycles. The lowest BCUT2D eigenvalue weighted by atomic mass is 10.2. The van der Waals surface area contributed by atoms with E-state index in [0.29, 0.717) is 26.5 Å². The fourth-order valence-corrected chi connectivity index (χ4v) is 3.92. The van der Waals surface area contributed by atoms with Gasteiger partial charge in [0, 0.05) is 0 Å². The maximum atomic E-state index is 12.8. The number of aromatic nitrogens is 3. The Morgan fingerprint density at radius 2 is 2.22 bits per heavy atom. The van der Waals surface area contributed by atoms with Crippen LogP contribution in [0, 0.1) is 6.92 Å². The maximum Gasteiger partial charge on any atom is 0.330 e. The summed E-state index contributed by atoms with van der Waals surface area (Å²) >= 11 is 1.19. The smallest absolute Gasteiger partial charge is 0.330 e. The molecular weight excluding hydrogens is 322 g/mol. The lowest BCUT2D eigenvalue weighted by Gasteiger charge is -2.12. The molecule has 2 N–H and O–H groups in total. The molecule has 1 aliphatic rings. The van der Waals surface area contributed by atoms with Crippen molar-refractivity contribution in [1.82, 2.24) is 14.5 Å². The van der Waals surface area contributed by atoms with E-state index >= 15 is 0 Å². The zero-order chi connectivity index (χ0) is 16.4. The fourth-order valence-electron chi connectivity index (χ4n) is 2.80. The van der Waals surface area contributed by atoms with Crippen LogP contribution in [0.2, 0.25) is 0 Å². The number of carbonyl (C=O) groups is 1. The third-order valence-electron chi connectivity index (χ3n) is 4.16. The van der Waals surface area contributed by atoms with Crippen LogP contribution in [0.1, 0.15) is 18.4 Å². The molecule has 0 bridgehead atoms. The van der Waals surface area contributed by atoms with E-state index in [1.807, 2.05) is 0 Å². The summed E-state index contributed by atoms with van der Waals surface area (Å²) in [6, 6.07) is 0. The molecule has 3 aromatic rings. The van der Waals surface area contributed by atoms with Gasteiger partial charge in [0.25, 0.3) is 5.56 Å².